The maximum Gasteiger partial charge on any atom is 0.331 e. The smallest absolute Gasteiger partial charge is 0.331 e. The van der Waals surface area contributed by atoms with Gasteiger partial charge in [-0.2, -0.15) is 0 Å². The van der Waals surface area contributed by atoms with E-state index in [2.05, 4.69) is 21.2 Å². The molecule has 1 aliphatic heterocycles. The Hall–Kier alpha value is -3.20. The van der Waals surface area contributed by atoms with Crippen molar-refractivity contribution >= 4 is 39.9 Å². The zero-order chi connectivity index (χ0) is 24.9. The van der Waals surface area contributed by atoms with Gasteiger partial charge in [0.2, 0.25) is 0 Å². The summed E-state index contributed by atoms with van der Waals surface area (Å²) in [6, 6.07) is 8.50. The Morgan fingerprint density at radius 1 is 1.09 bits per heavy atom. The molecule has 4 rings (SSSR count). The first-order valence-electron chi connectivity index (χ1n) is 11.6. The summed E-state index contributed by atoms with van der Waals surface area (Å²) in [6.45, 7) is 2.38. The van der Waals surface area contributed by atoms with E-state index in [1.54, 1.807) is 24.3 Å². The van der Waals surface area contributed by atoms with Gasteiger partial charge in [0.1, 0.15) is 18.0 Å². The van der Waals surface area contributed by atoms with Crippen molar-refractivity contribution in [2.45, 2.75) is 51.7 Å². The zero-order valence-corrected chi connectivity index (χ0v) is 20.9. The molecule has 9 heteroatoms. The molecule has 0 bridgehead atoms. The number of carbonyl (C=O) groups excluding carboxylic acids is 3. The SMILES string of the molecule is CCOc1cc(C=C2C(=O)NC(=O)N(C3CCCCC3)C2=O)cc(Br)c1OCc1ccc(F)cc1. The molecule has 35 heavy (non-hydrogen) atoms. The van der Waals surface area contributed by atoms with Crippen molar-refractivity contribution in [3.05, 3.63) is 63.4 Å². The van der Waals surface area contributed by atoms with Gasteiger partial charge in [0.15, 0.2) is 11.5 Å². The molecule has 1 N–H and O–H groups in total. The van der Waals surface area contributed by atoms with Gasteiger partial charge in [-0.15, -0.1) is 0 Å². The van der Waals surface area contributed by atoms with E-state index >= 15 is 0 Å². The number of urea groups is 1. The summed E-state index contributed by atoms with van der Waals surface area (Å²) in [5.41, 5.74) is 1.21. The molecule has 0 unspecified atom stereocenters. The second-order valence-corrected chi connectivity index (χ2v) is 9.32. The molecular formula is C26H26BrFN2O5. The average molecular weight is 545 g/mol. The summed E-state index contributed by atoms with van der Waals surface area (Å²) in [4.78, 5) is 39.4. The van der Waals surface area contributed by atoms with E-state index < -0.39 is 17.8 Å². The van der Waals surface area contributed by atoms with Crippen LogP contribution in [0.1, 0.15) is 50.2 Å². The lowest BCUT2D eigenvalue weighted by atomic mass is 9.93. The third kappa shape index (κ3) is 5.73. The third-order valence-corrected chi connectivity index (χ3v) is 6.60. The van der Waals surface area contributed by atoms with Crippen molar-refractivity contribution < 1.29 is 28.2 Å². The fourth-order valence-electron chi connectivity index (χ4n) is 4.32. The van der Waals surface area contributed by atoms with Crippen LogP contribution in [0.2, 0.25) is 0 Å². The number of ether oxygens (including phenoxy) is 2. The first kappa shape index (κ1) is 24.9. The van der Waals surface area contributed by atoms with Gasteiger partial charge in [-0.05, 0) is 77.2 Å². The van der Waals surface area contributed by atoms with E-state index in [0.717, 1.165) is 37.7 Å². The van der Waals surface area contributed by atoms with Gasteiger partial charge in [0.05, 0.1) is 11.1 Å². The molecule has 2 aromatic carbocycles. The number of hydrogen-bond acceptors (Lipinski definition) is 5. The highest BCUT2D eigenvalue weighted by atomic mass is 79.9. The van der Waals surface area contributed by atoms with Gasteiger partial charge >= 0.3 is 6.03 Å². The van der Waals surface area contributed by atoms with Crippen molar-refractivity contribution in [1.82, 2.24) is 10.2 Å². The Labute approximate surface area is 211 Å². The summed E-state index contributed by atoms with van der Waals surface area (Å²) >= 11 is 3.49. The highest BCUT2D eigenvalue weighted by molar-refractivity contribution is 9.10. The molecule has 1 saturated heterocycles. The molecule has 1 aliphatic carbocycles. The van der Waals surface area contributed by atoms with Crippen LogP contribution in [0.25, 0.3) is 6.08 Å². The van der Waals surface area contributed by atoms with Crippen LogP contribution in [-0.2, 0) is 16.2 Å². The molecule has 1 saturated carbocycles. The standard InChI is InChI=1S/C26H26BrFN2O5/c1-2-34-22-14-17(13-21(27)23(22)35-15-16-8-10-18(28)11-9-16)12-20-24(31)29-26(33)30(25(20)32)19-6-4-3-5-7-19/h8-14,19H,2-7,15H2,1H3,(H,29,31,33). The predicted molar refractivity (Wildman–Crippen MR) is 131 cm³/mol. The number of hydrogen-bond donors (Lipinski definition) is 1. The number of halogens is 2. The van der Waals surface area contributed by atoms with Crippen molar-refractivity contribution in [2.24, 2.45) is 0 Å². The summed E-state index contributed by atoms with van der Waals surface area (Å²) in [7, 11) is 0. The van der Waals surface area contributed by atoms with Crippen LogP contribution in [0.15, 0.2) is 46.4 Å². The third-order valence-electron chi connectivity index (χ3n) is 6.01. The maximum atomic E-state index is 13.2. The zero-order valence-electron chi connectivity index (χ0n) is 19.3. The summed E-state index contributed by atoms with van der Waals surface area (Å²) < 4.78 is 25.4. The number of barbiturate groups is 1. The van der Waals surface area contributed by atoms with E-state index in [-0.39, 0.29) is 24.0 Å². The molecular weight excluding hydrogens is 519 g/mol. The van der Waals surface area contributed by atoms with Crippen LogP contribution in [0.3, 0.4) is 0 Å². The first-order valence-corrected chi connectivity index (χ1v) is 12.4. The molecule has 0 atom stereocenters. The number of benzene rings is 2. The van der Waals surface area contributed by atoms with Crippen LogP contribution in [-0.4, -0.2) is 35.4 Å². The van der Waals surface area contributed by atoms with Crippen molar-refractivity contribution in [3.63, 3.8) is 0 Å². The second-order valence-electron chi connectivity index (χ2n) is 8.46. The van der Waals surface area contributed by atoms with Crippen LogP contribution in [0, 0.1) is 5.82 Å². The molecule has 0 radical (unpaired) electrons. The van der Waals surface area contributed by atoms with Crippen molar-refractivity contribution in [1.29, 1.82) is 0 Å². The Balaban J connectivity index is 1.61. The van der Waals surface area contributed by atoms with Gasteiger partial charge in [0, 0.05) is 6.04 Å². The molecule has 2 aliphatic rings. The predicted octanol–water partition coefficient (Wildman–Crippen LogP) is 5.36. The second kappa shape index (κ2) is 11.0. The maximum absolute atomic E-state index is 13.2. The Kier molecular flexibility index (Phi) is 7.85. The molecule has 4 amide bonds. The minimum absolute atomic E-state index is 0.107. The summed E-state index contributed by atoms with van der Waals surface area (Å²) in [6.07, 6.45) is 5.89. The van der Waals surface area contributed by atoms with Gasteiger partial charge < -0.3 is 9.47 Å². The number of imide groups is 2. The van der Waals surface area contributed by atoms with E-state index in [1.165, 1.54) is 23.1 Å². The molecule has 0 aromatic heterocycles. The van der Waals surface area contributed by atoms with Gasteiger partial charge in [-0.1, -0.05) is 31.4 Å². The molecule has 1 heterocycles. The fourth-order valence-corrected chi connectivity index (χ4v) is 4.89. The molecule has 2 aromatic rings. The first-order chi connectivity index (χ1) is 16.9. The number of carbonyl (C=O) groups is 3. The van der Waals surface area contributed by atoms with Crippen LogP contribution in [0.4, 0.5) is 9.18 Å². The molecule has 2 fully saturated rings. The van der Waals surface area contributed by atoms with Crippen molar-refractivity contribution in [2.75, 3.05) is 6.61 Å². The normalized spacial score (nSPS) is 18.1. The fraction of sp³-hybridized carbons (Fsp3) is 0.346. The minimum Gasteiger partial charge on any atom is -0.490 e. The van der Waals surface area contributed by atoms with E-state index in [1.807, 2.05) is 6.92 Å². The van der Waals surface area contributed by atoms with Crippen LogP contribution >= 0.6 is 15.9 Å². The topological polar surface area (TPSA) is 84.9 Å². The Morgan fingerprint density at radius 3 is 2.49 bits per heavy atom. The Bertz CT molecular complexity index is 1160. The van der Waals surface area contributed by atoms with Gasteiger partial charge in [-0.25, -0.2) is 9.18 Å². The van der Waals surface area contributed by atoms with E-state index in [4.69, 9.17) is 9.47 Å². The number of rotatable bonds is 7. The average Bonchev–Trinajstić information content (AvgIpc) is 2.83. The Morgan fingerprint density at radius 2 is 1.80 bits per heavy atom. The lowest BCUT2D eigenvalue weighted by molar-refractivity contribution is -0.132. The largest absolute Gasteiger partial charge is 0.490 e. The lowest BCUT2D eigenvalue weighted by Crippen LogP contribution is -2.58. The number of nitrogens with one attached hydrogen (secondary N) is 1. The summed E-state index contributed by atoms with van der Waals surface area (Å²) in [5, 5.41) is 2.30. The molecule has 0 spiro atoms. The summed E-state index contributed by atoms with van der Waals surface area (Å²) in [5.74, 6) is -0.780. The van der Waals surface area contributed by atoms with Gasteiger partial charge in [-0.3, -0.25) is 19.8 Å². The quantitative estimate of drug-likeness (QED) is 0.374. The highest BCUT2D eigenvalue weighted by Gasteiger charge is 2.40. The minimum atomic E-state index is -0.724. The number of nitrogens with zero attached hydrogens (tertiary/aromatic N) is 1. The molecule has 7 nitrogen and oxygen atoms in total. The lowest BCUT2D eigenvalue weighted by Gasteiger charge is -2.35. The number of amides is 4. The van der Waals surface area contributed by atoms with Crippen molar-refractivity contribution in [3.8, 4) is 11.5 Å². The van der Waals surface area contributed by atoms with Gasteiger partial charge in [0.25, 0.3) is 11.8 Å². The van der Waals surface area contributed by atoms with E-state index in [9.17, 15) is 18.8 Å². The van der Waals surface area contributed by atoms with Crippen LogP contribution < -0.4 is 14.8 Å². The van der Waals surface area contributed by atoms with Crippen LogP contribution in [0.5, 0.6) is 11.5 Å². The monoisotopic (exact) mass is 544 g/mol. The highest BCUT2D eigenvalue weighted by Crippen LogP contribution is 2.38. The molecule has 184 valence electrons. The van der Waals surface area contributed by atoms with E-state index in [0.29, 0.717) is 28.1 Å².